The average Bonchev–Trinajstić information content (AvgIpc) is 2.64. The molecule has 2 heterocycles. The van der Waals surface area contributed by atoms with Crippen molar-refractivity contribution >= 4 is 17.4 Å². The summed E-state index contributed by atoms with van der Waals surface area (Å²) in [5, 5.41) is 2.87. The van der Waals surface area contributed by atoms with Crippen molar-refractivity contribution in [2.75, 3.05) is 38.0 Å². The average molecular weight is 352 g/mol. The molecule has 6 heteroatoms. The van der Waals surface area contributed by atoms with E-state index in [1.54, 1.807) is 18.2 Å². The van der Waals surface area contributed by atoms with E-state index in [1.165, 1.54) is 6.92 Å². The van der Waals surface area contributed by atoms with Crippen LogP contribution in [0.15, 0.2) is 48.7 Å². The van der Waals surface area contributed by atoms with Gasteiger partial charge in [-0.15, -0.1) is 0 Å². The van der Waals surface area contributed by atoms with Gasteiger partial charge in [0.15, 0.2) is 5.78 Å². The molecular weight excluding hydrogens is 328 g/mol. The minimum absolute atomic E-state index is 0.0518. The number of benzene rings is 1. The molecule has 1 fully saturated rings. The Morgan fingerprint density at radius 1 is 1.00 bits per heavy atom. The molecule has 0 spiro atoms. The van der Waals surface area contributed by atoms with Gasteiger partial charge in [-0.25, -0.2) is 0 Å². The first-order valence-electron chi connectivity index (χ1n) is 8.86. The number of carbonyl (C=O) groups is 2. The molecule has 1 N–H and O–H groups in total. The fraction of sp³-hybridized carbons (Fsp3) is 0.350. The predicted octanol–water partition coefficient (Wildman–Crippen LogP) is 2.04. The summed E-state index contributed by atoms with van der Waals surface area (Å²) < 4.78 is 0. The van der Waals surface area contributed by atoms with Crippen LogP contribution in [-0.2, 0) is 11.3 Å². The lowest BCUT2D eigenvalue weighted by molar-refractivity contribution is -0.117. The maximum Gasteiger partial charge on any atom is 0.238 e. The third kappa shape index (κ3) is 4.97. The highest BCUT2D eigenvalue weighted by Crippen LogP contribution is 2.15. The molecule has 1 aliphatic heterocycles. The highest BCUT2D eigenvalue weighted by Gasteiger charge is 2.20. The lowest BCUT2D eigenvalue weighted by Crippen LogP contribution is -2.48. The zero-order valence-corrected chi connectivity index (χ0v) is 15.0. The summed E-state index contributed by atoms with van der Waals surface area (Å²) in [6.07, 6.45) is 1.81. The van der Waals surface area contributed by atoms with Gasteiger partial charge in [0.05, 0.1) is 17.9 Å². The highest BCUT2D eigenvalue weighted by atomic mass is 16.2. The Balaban J connectivity index is 1.47. The third-order valence-electron chi connectivity index (χ3n) is 4.52. The maximum absolute atomic E-state index is 12.3. The molecule has 0 saturated carbocycles. The molecule has 1 amide bonds. The van der Waals surface area contributed by atoms with E-state index >= 15 is 0 Å². The number of para-hydroxylation sites is 1. The first kappa shape index (κ1) is 18.2. The first-order valence-corrected chi connectivity index (χ1v) is 8.86. The SMILES string of the molecule is CC(=O)c1ccccc1NC(=O)CN1CCN(Cc2ccccn2)CC1. The number of Topliss-reactive ketones (excluding diaryl/α,β-unsaturated/α-hetero) is 1. The van der Waals surface area contributed by atoms with Gasteiger partial charge in [-0.2, -0.15) is 0 Å². The van der Waals surface area contributed by atoms with Gasteiger partial charge >= 0.3 is 0 Å². The van der Waals surface area contributed by atoms with Gasteiger partial charge in [-0.05, 0) is 31.2 Å². The second-order valence-electron chi connectivity index (χ2n) is 6.52. The Morgan fingerprint density at radius 3 is 2.38 bits per heavy atom. The molecule has 136 valence electrons. The Kier molecular flexibility index (Phi) is 6.09. The molecule has 0 aliphatic carbocycles. The van der Waals surface area contributed by atoms with Crippen LogP contribution in [0.5, 0.6) is 0 Å². The van der Waals surface area contributed by atoms with Crippen LogP contribution in [0.25, 0.3) is 0 Å². The topological polar surface area (TPSA) is 65.5 Å². The maximum atomic E-state index is 12.3. The number of pyridine rings is 1. The van der Waals surface area contributed by atoms with Crippen molar-refractivity contribution in [2.45, 2.75) is 13.5 Å². The number of aromatic nitrogens is 1. The fourth-order valence-corrected chi connectivity index (χ4v) is 3.12. The summed E-state index contributed by atoms with van der Waals surface area (Å²) in [7, 11) is 0. The van der Waals surface area contributed by atoms with Gasteiger partial charge in [0, 0.05) is 44.5 Å². The number of nitrogens with zero attached hydrogens (tertiary/aromatic N) is 3. The number of rotatable bonds is 6. The van der Waals surface area contributed by atoms with E-state index in [0.29, 0.717) is 17.8 Å². The molecule has 0 unspecified atom stereocenters. The first-order chi connectivity index (χ1) is 12.6. The number of hydrogen-bond acceptors (Lipinski definition) is 5. The number of carbonyl (C=O) groups excluding carboxylic acids is 2. The Hall–Kier alpha value is -2.57. The lowest BCUT2D eigenvalue weighted by atomic mass is 10.1. The van der Waals surface area contributed by atoms with Gasteiger partial charge in [0.25, 0.3) is 0 Å². The van der Waals surface area contributed by atoms with E-state index in [-0.39, 0.29) is 11.7 Å². The Morgan fingerprint density at radius 2 is 1.69 bits per heavy atom. The van der Waals surface area contributed by atoms with Crippen LogP contribution in [0.3, 0.4) is 0 Å². The number of ketones is 1. The molecule has 1 saturated heterocycles. The van der Waals surface area contributed by atoms with Crippen molar-refractivity contribution in [3.05, 3.63) is 59.9 Å². The van der Waals surface area contributed by atoms with Crippen molar-refractivity contribution in [3.63, 3.8) is 0 Å². The Labute approximate surface area is 153 Å². The summed E-state index contributed by atoms with van der Waals surface area (Å²) in [6.45, 7) is 6.19. The number of nitrogens with one attached hydrogen (secondary N) is 1. The van der Waals surface area contributed by atoms with Crippen molar-refractivity contribution in [3.8, 4) is 0 Å². The fourth-order valence-electron chi connectivity index (χ4n) is 3.12. The molecule has 1 aromatic carbocycles. The standard InChI is InChI=1S/C20H24N4O2/c1-16(25)18-7-2-3-8-19(18)22-20(26)15-24-12-10-23(11-13-24)14-17-6-4-5-9-21-17/h2-9H,10-15H2,1H3,(H,22,26). The molecule has 0 bridgehead atoms. The summed E-state index contributed by atoms with van der Waals surface area (Å²) in [5.41, 5.74) is 2.19. The molecule has 2 aromatic rings. The summed E-state index contributed by atoms with van der Waals surface area (Å²) in [5.74, 6) is -0.138. The predicted molar refractivity (Wildman–Crippen MR) is 101 cm³/mol. The van der Waals surface area contributed by atoms with Crippen molar-refractivity contribution in [2.24, 2.45) is 0 Å². The van der Waals surface area contributed by atoms with E-state index < -0.39 is 0 Å². The van der Waals surface area contributed by atoms with E-state index in [2.05, 4.69) is 20.1 Å². The molecule has 26 heavy (non-hydrogen) atoms. The molecule has 1 aromatic heterocycles. The quantitative estimate of drug-likeness (QED) is 0.806. The van der Waals surface area contributed by atoms with Crippen molar-refractivity contribution in [1.82, 2.24) is 14.8 Å². The number of amides is 1. The Bertz CT molecular complexity index is 755. The summed E-state index contributed by atoms with van der Waals surface area (Å²) in [4.78, 5) is 32.8. The van der Waals surface area contributed by atoms with Crippen molar-refractivity contribution < 1.29 is 9.59 Å². The molecular formula is C20H24N4O2. The zero-order valence-electron chi connectivity index (χ0n) is 15.0. The van der Waals surface area contributed by atoms with Gasteiger partial charge in [-0.3, -0.25) is 24.4 Å². The monoisotopic (exact) mass is 352 g/mol. The van der Waals surface area contributed by atoms with Crippen LogP contribution >= 0.6 is 0 Å². The molecule has 6 nitrogen and oxygen atoms in total. The van der Waals surface area contributed by atoms with Crippen LogP contribution in [0, 0.1) is 0 Å². The minimum atomic E-state index is -0.0862. The third-order valence-corrected chi connectivity index (χ3v) is 4.52. The second-order valence-corrected chi connectivity index (χ2v) is 6.52. The summed E-state index contributed by atoms with van der Waals surface area (Å²) >= 11 is 0. The molecule has 1 aliphatic rings. The van der Waals surface area contributed by atoms with Crippen LogP contribution in [0.1, 0.15) is 23.0 Å². The highest BCUT2D eigenvalue weighted by molar-refractivity contribution is 6.04. The van der Waals surface area contributed by atoms with E-state index in [4.69, 9.17) is 0 Å². The van der Waals surface area contributed by atoms with E-state index in [9.17, 15) is 9.59 Å². The molecule has 0 atom stereocenters. The second kappa shape index (κ2) is 8.69. The smallest absolute Gasteiger partial charge is 0.238 e. The minimum Gasteiger partial charge on any atom is -0.324 e. The van der Waals surface area contributed by atoms with E-state index in [0.717, 1.165) is 38.4 Å². The van der Waals surface area contributed by atoms with Crippen LogP contribution < -0.4 is 5.32 Å². The van der Waals surface area contributed by atoms with Crippen molar-refractivity contribution in [1.29, 1.82) is 0 Å². The lowest BCUT2D eigenvalue weighted by Gasteiger charge is -2.34. The van der Waals surface area contributed by atoms with Gasteiger partial charge in [-0.1, -0.05) is 18.2 Å². The number of piperazine rings is 1. The normalized spacial score (nSPS) is 15.6. The zero-order chi connectivity index (χ0) is 18.4. The molecule has 3 rings (SSSR count). The summed E-state index contributed by atoms with van der Waals surface area (Å²) in [6, 6.07) is 13.1. The largest absolute Gasteiger partial charge is 0.324 e. The van der Waals surface area contributed by atoms with Crippen LogP contribution in [0.2, 0.25) is 0 Å². The van der Waals surface area contributed by atoms with Gasteiger partial charge in [0.1, 0.15) is 0 Å². The number of anilines is 1. The van der Waals surface area contributed by atoms with E-state index in [1.807, 2.05) is 30.5 Å². The van der Waals surface area contributed by atoms with Crippen LogP contribution in [-0.4, -0.2) is 59.2 Å². The molecule has 0 radical (unpaired) electrons. The number of hydrogen-bond donors (Lipinski definition) is 1. The van der Waals surface area contributed by atoms with Gasteiger partial charge < -0.3 is 5.32 Å². The van der Waals surface area contributed by atoms with Crippen LogP contribution in [0.4, 0.5) is 5.69 Å². The van der Waals surface area contributed by atoms with Gasteiger partial charge in [0.2, 0.25) is 5.91 Å².